The van der Waals surface area contributed by atoms with Gasteiger partial charge in [0.05, 0.1) is 11.5 Å². The molecule has 0 aliphatic heterocycles. The second kappa shape index (κ2) is 14.0. The normalized spacial score (nSPS) is 12.6. The molecule has 0 amide bonds. The largest absolute Gasteiger partial charge is 0.286 e. The van der Waals surface area contributed by atoms with Gasteiger partial charge in [0.25, 0.3) is 20.2 Å². The first-order valence-electron chi connectivity index (χ1n) is 9.11. The molecule has 8 heteroatoms. The van der Waals surface area contributed by atoms with Gasteiger partial charge in [0.1, 0.15) is 0 Å². The highest BCUT2D eigenvalue weighted by Crippen LogP contribution is 2.13. The molecule has 0 aromatic heterocycles. The van der Waals surface area contributed by atoms with Crippen LogP contribution in [0.25, 0.3) is 0 Å². The van der Waals surface area contributed by atoms with Crippen molar-refractivity contribution in [2.75, 3.05) is 11.5 Å². The summed E-state index contributed by atoms with van der Waals surface area (Å²) in [6.07, 6.45) is 14.4. The van der Waals surface area contributed by atoms with E-state index in [0.29, 0.717) is 12.8 Å². The predicted octanol–water partition coefficient (Wildman–Crippen LogP) is 4.22. The molecular weight excluding hydrogens is 352 g/mol. The lowest BCUT2D eigenvalue weighted by Gasteiger charge is -2.03. The van der Waals surface area contributed by atoms with Crippen molar-refractivity contribution >= 4 is 20.2 Å². The molecule has 0 aliphatic carbocycles. The van der Waals surface area contributed by atoms with Crippen molar-refractivity contribution in [2.45, 2.75) is 89.9 Å². The second-order valence-corrected chi connectivity index (χ2v) is 9.67. The first kappa shape index (κ1) is 23.8. The van der Waals surface area contributed by atoms with Crippen molar-refractivity contribution in [1.29, 1.82) is 0 Å². The highest BCUT2D eigenvalue weighted by Gasteiger charge is 2.03. The van der Waals surface area contributed by atoms with Gasteiger partial charge < -0.3 is 0 Å². The fourth-order valence-corrected chi connectivity index (χ4v) is 3.83. The van der Waals surface area contributed by atoms with Crippen LogP contribution in [0.2, 0.25) is 0 Å². The summed E-state index contributed by atoms with van der Waals surface area (Å²) < 4.78 is 59.3. The molecule has 0 saturated heterocycles. The van der Waals surface area contributed by atoms with Crippen LogP contribution >= 0.6 is 0 Å². The molecule has 0 heterocycles. The van der Waals surface area contributed by atoms with Crippen LogP contribution < -0.4 is 0 Å². The van der Waals surface area contributed by atoms with Crippen LogP contribution in [0.3, 0.4) is 0 Å². The third kappa shape index (κ3) is 21.8. The smallest absolute Gasteiger partial charge is 0.264 e. The molecule has 0 fully saturated rings. The molecule has 0 saturated carbocycles. The van der Waals surface area contributed by atoms with Gasteiger partial charge in [-0.15, -0.1) is 0 Å². The lowest BCUT2D eigenvalue weighted by molar-refractivity contribution is 0.475. The van der Waals surface area contributed by atoms with Gasteiger partial charge in [-0.1, -0.05) is 77.0 Å². The Bertz CT molecular complexity index is 439. The van der Waals surface area contributed by atoms with Crippen molar-refractivity contribution < 1.29 is 25.9 Å². The van der Waals surface area contributed by atoms with Crippen LogP contribution in [-0.4, -0.2) is 37.4 Å². The van der Waals surface area contributed by atoms with E-state index in [0.717, 1.165) is 38.5 Å². The van der Waals surface area contributed by atoms with Crippen LogP contribution in [0.1, 0.15) is 89.9 Å². The SMILES string of the molecule is O=S(=O)(O)CCCCCCCCCCCCCCCCS(=O)(=O)O. The molecule has 0 aromatic rings. The Hall–Kier alpha value is -0.180. The van der Waals surface area contributed by atoms with Gasteiger partial charge in [-0.25, -0.2) is 0 Å². The maximum Gasteiger partial charge on any atom is 0.264 e. The Morgan fingerprint density at radius 3 is 0.708 bits per heavy atom. The highest BCUT2D eigenvalue weighted by atomic mass is 32.2. The van der Waals surface area contributed by atoms with Crippen LogP contribution in [0, 0.1) is 0 Å². The number of hydrogen-bond acceptors (Lipinski definition) is 4. The van der Waals surface area contributed by atoms with E-state index >= 15 is 0 Å². The topological polar surface area (TPSA) is 109 Å². The Morgan fingerprint density at radius 1 is 0.375 bits per heavy atom. The standard InChI is InChI=1S/C16H34O6S2/c17-23(18,19)15-13-11-9-7-5-3-1-2-4-6-8-10-12-14-16-24(20,21)22/h1-16H2,(H,17,18,19)(H,20,21,22). The minimum atomic E-state index is -3.79. The van der Waals surface area contributed by atoms with Crippen molar-refractivity contribution in [3.63, 3.8) is 0 Å². The summed E-state index contributed by atoms with van der Waals surface area (Å²) in [6.45, 7) is 0. The molecule has 0 aliphatic rings. The molecule has 0 aromatic carbocycles. The van der Waals surface area contributed by atoms with Gasteiger partial charge >= 0.3 is 0 Å². The van der Waals surface area contributed by atoms with E-state index in [1.54, 1.807) is 0 Å². The first-order chi connectivity index (χ1) is 11.2. The van der Waals surface area contributed by atoms with Gasteiger partial charge in [-0.3, -0.25) is 9.11 Å². The Balaban J connectivity index is 3.13. The molecule has 24 heavy (non-hydrogen) atoms. The van der Waals surface area contributed by atoms with Gasteiger partial charge in [0.2, 0.25) is 0 Å². The summed E-state index contributed by atoms with van der Waals surface area (Å²) in [4.78, 5) is 0. The molecule has 146 valence electrons. The lowest BCUT2D eigenvalue weighted by atomic mass is 10.0. The zero-order valence-corrected chi connectivity index (χ0v) is 16.3. The van der Waals surface area contributed by atoms with E-state index in [1.165, 1.54) is 38.5 Å². The summed E-state index contributed by atoms with van der Waals surface area (Å²) in [5.41, 5.74) is 0. The molecular formula is C16H34O6S2. The van der Waals surface area contributed by atoms with E-state index < -0.39 is 20.2 Å². The van der Waals surface area contributed by atoms with Crippen molar-refractivity contribution in [2.24, 2.45) is 0 Å². The first-order valence-corrected chi connectivity index (χ1v) is 12.3. The third-order valence-corrected chi connectivity index (χ3v) is 5.66. The van der Waals surface area contributed by atoms with Crippen molar-refractivity contribution in [3.8, 4) is 0 Å². The van der Waals surface area contributed by atoms with E-state index in [4.69, 9.17) is 9.11 Å². The van der Waals surface area contributed by atoms with Crippen molar-refractivity contribution in [3.05, 3.63) is 0 Å². The molecule has 0 unspecified atom stereocenters. The summed E-state index contributed by atoms with van der Waals surface area (Å²) >= 11 is 0. The maximum absolute atomic E-state index is 10.5. The van der Waals surface area contributed by atoms with Gasteiger partial charge in [-0.05, 0) is 12.8 Å². The zero-order chi connectivity index (χ0) is 18.3. The molecule has 0 spiro atoms. The van der Waals surface area contributed by atoms with Gasteiger partial charge in [0, 0.05) is 0 Å². The fourth-order valence-electron chi connectivity index (χ4n) is 2.69. The van der Waals surface area contributed by atoms with Gasteiger partial charge in [0.15, 0.2) is 0 Å². The number of hydrogen-bond donors (Lipinski definition) is 2. The van der Waals surface area contributed by atoms with E-state index in [2.05, 4.69) is 0 Å². The van der Waals surface area contributed by atoms with E-state index in [1.807, 2.05) is 0 Å². The van der Waals surface area contributed by atoms with E-state index in [9.17, 15) is 16.8 Å². The van der Waals surface area contributed by atoms with Crippen LogP contribution in [0.5, 0.6) is 0 Å². The summed E-state index contributed by atoms with van der Waals surface area (Å²) in [6, 6.07) is 0. The number of rotatable bonds is 17. The lowest BCUT2D eigenvalue weighted by Crippen LogP contribution is -2.03. The van der Waals surface area contributed by atoms with Crippen molar-refractivity contribution in [1.82, 2.24) is 0 Å². The highest BCUT2D eigenvalue weighted by molar-refractivity contribution is 7.86. The summed E-state index contributed by atoms with van der Waals surface area (Å²) in [5, 5.41) is 0. The Morgan fingerprint density at radius 2 is 0.542 bits per heavy atom. The molecule has 0 bridgehead atoms. The van der Waals surface area contributed by atoms with Gasteiger partial charge in [-0.2, -0.15) is 16.8 Å². The quantitative estimate of drug-likeness (QED) is 0.286. The third-order valence-electron chi connectivity index (χ3n) is 4.05. The monoisotopic (exact) mass is 386 g/mol. The Labute approximate surface area is 147 Å². The summed E-state index contributed by atoms with van der Waals surface area (Å²) in [7, 11) is -7.57. The average molecular weight is 387 g/mol. The van der Waals surface area contributed by atoms with Crippen LogP contribution in [0.4, 0.5) is 0 Å². The predicted molar refractivity (Wildman–Crippen MR) is 97.5 cm³/mol. The Kier molecular flexibility index (Phi) is 13.9. The zero-order valence-electron chi connectivity index (χ0n) is 14.7. The minimum Gasteiger partial charge on any atom is -0.286 e. The molecule has 0 rings (SSSR count). The second-order valence-electron chi connectivity index (χ2n) is 6.52. The number of unbranched alkanes of at least 4 members (excludes halogenated alkanes) is 13. The molecule has 6 nitrogen and oxygen atoms in total. The fraction of sp³-hybridized carbons (Fsp3) is 1.00. The average Bonchev–Trinajstić information content (AvgIpc) is 2.44. The van der Waals surface area contributed by atoms with Crippen LogP contribution in [0.15, 0.2) is 0 Å². The van der Waals surface area contributed by atoms with E-state index in [-0.39, 0.29) is 11.5 Å². The molecule has 2 N–H and O–H groups in total. The van der Waals surface area contributed by atoms with Crippen LogP contribution in [-0.2, 0) is 20.2 Å². The molecule has 0 atom stereocenters. The maximum atomic E-state index is 10.5. The molecule has 0 radical (unpaired) electrons. The minimum absolute atomic E-state index is 0.122. The summed E-state index contributed by atoms with van der Waals surface area (Å²) in [5.74, 6) is -0.244.